The third-order valence-electron chi connectivity index (χ3n) is 4.78. The van der Waals surface area contributed by atoms with Crippen LogP contribution in [0.15, 0.2) is 59.8 Å². The Morgan fingerprint density at radius 3 is 2.64 bits per heavy atom. The summed E-state index contributed by atoms with van der Waals surface area (Å²) in [5.41, 5.74) is 5.19. The number of aromatic nitrogens is 1. The summed E-state index contributed by atoms with van der Waals surface area (Å²) in [6.07, 6.45) is 5.55. The molecule has 0 radical (unpaired) electrons. The van der Waals surface area contributed by atoms with Gasteiger partial charge in [0.15, 0.2) is 6.29 Å². The van der Waals surface area contributed by atoms with Crippen LogP contribution in [0.4, 0.5) is 0 Å². The van der Waals surface area contributed by atoms with Crippen LogP contribution in [0.25, 0.3) is 17.0 Å². The lowest BCUT2D eigenvalue weighted by atomic mass is 10.1. The van der Waals surface area contributed by atoms with Crippen molar-refractivity contribution in [2.45, 2.75) is 19.9 Å². The average Bonchev–Trinajstić information content (AvgIpc) is 3.07. The van der Waals surface area contributed by atoms with Crippen LogP contribution in [-0.2, 0) is 6.54 Å². The van der Waals surface area contributed by atoms with E-state index in [2.05, 4.69) is 21.1 Å². The Morgan fingerprint density at radius 2 is 1.96 bits per heavy atom. The summed E-state index contributed by atoms with van der Waals surface area (Å²) in [4.78, 5) is 11.5. The lowest BCUT2D eigenvalue weighted by Crippen LogP contribution is -2.12. The second-order valence-electron chi connectivity index (χ2n) is 6.80. The molecule has 0 aliphatic carbocycles. The number of rotatable bonds is 8. The number of hydrogen-bond acceptors (Lipinski definition) is 4. The van der Waals surface area contributed by atoms with E-state index in [0.29, 0.717) is 11.4 Å². The maximum absolute atomic E-state index is 11.5. The Hall–Kier alpha value is -3.18. The van der Waals surface area contributed by atoms with Gasteiger partial charge in [0.1, 0.15) is 5.71 Å². The van der Waals surface area contributed by atoms with E-state index >= 15 is 0 Å². The molecule has 28 heavy (non-hydrogen) atoms. The predicted molar refractivity (Wildman–Crippen MR) is 114 cm³/mol. The second-order valence-corrected chi connectivity index (χ2v) is 6.80. The van der Waals surface area contributed by atoms with Crippen molar-refractivity contribution >= 4 is 29.0 Å². The maximum Gasteiger partial charge on any atom is 0.166 e. The molecule has 0 fully saturated rings. The highest BCUT2D eigenvalue weighted by molar-refractivity contribution is 6.10. The number of aryl methyl sites for hydroxylation is 2. The fourth-order valence-corrected chi connectivity index (χ4v) is 3.24. The number of benzene rings is 2. The number of fused-ring (bicyclic) bond motifs is 1. The molecule has 5 nitrogen and oxygen atoms in total. The van der Waals surface area contributed by atoms with Crippen LogP contribution in [0.5, 0.6) is 0 Å². The minimum Gasteiger partial charge on any atom is -0.410 e. The standard InChI is InChI=1S/C23H25N3O2/c1-17-4-8-19(9-5-17)22(25-28)11-7-18-6-10-20-15-21(16-27)26(23(20)14-18)13-3-12-24-2/h4-11,14-16,24,28H,3,12-13H2,1-2H3/b11-7+,25-22+. The summed E-state index contributed by atoms with van der Waals surface area (Å²) in [6, 6.07) is 15.8. The fourth-order valence-electron chi connectivity index (χ4n) is 3.24. The van der Waals surface area contributed by atoms with Gasteiger partial charge in [-0.25, -0.2) is 0 Å². The maximum atomic E-state index is 11.5. The minimum atomic E-state index is 0.498. The molecule has 0 saturated heterocycles. The van der Waals surface area contributed by atoms with E-state index in [1.807, 2.05) is 62.5 Å². The monoisotopic (exact) mass is 375 g/mol. The van der Waals surface area contributed by atoms with Gasteiger partial charge < -0.3 is 15.1 Å². The van der Waals surface area contributed by atoms with Crippen molar-refractivity contribution in [3.63, 3.8) is 0 Å². The van der Waals surface area contributed by atoms with Crippen LogP contribution in [0, 0.1) is 6.92 Å². The van der Waals surface area contributed by atoms with Crippen molar-refractivity contribution in [2.75, 3.05) is 13.6 Å². The zero-order valence-corrected chi connectivity index (χ0v) is 16.2. The van der Waals surface area contributed by atoms with Gasteiger partial charge >= 0.3 is 0 Å². The van der Waals surface area contributed by atoms with Crippen molar-refractivity contribution in [3.8, 4) is 0 Å². The van der Waals surface area contributed by atoms with Crippen molar-refractivity contribution in [3.05, 3.63) is 77.0 Å². The average molecular weight is 375 g/mol. The van der Waals surface area contributed by atoms with Crippen molar-refractivity contribution in [2.24, 2.45) is 5.16 Å². The molecule has 1 aromatic heterocycles. The molecule has 2 N–H and O–H groups in total. The Kier molecular flexibility index (Phi) is 6.40. The molecule has 0 aliphatic rings. The highest BCUT2D eigenvalue weighted by Crippen LogP contribution is 2.22. The second kappa shape index (κ2) is 9.15. The lowest BCUT2D eigenvalue weighted by Gasteiger charge is -2.08. The zero-order valence-electron chi connectivity index (χ0n) is 16.2. The molecule has 144 valence electrons. The molecule has 3 aromatic rings. The fraction of sp³-hybridized carbons (Fsp3) is 0.217. The molecule has 3 rings (SSSR count). The van der Waals surface area contributed by atoms with E-state index in [4.69, 9.17) is 0 Å². The van der Waals surface area contributed by atoms with E-state index in [-0.39, 0.29) is 0 Å². The van der Waals surface area contributed by atoms with Crippen molar-refractivity contribution in [1.82, 2.24) is 9.88 Å². The molecule has 0 bridgehead atoms. The van der Waals surface area contributed by atoms with Crippen LogP contribution in [0.3, 0.4) is 0 Å². The summed E-state index contributed by atoms with van der Waals surface area (Å²) >= 11 is 0. The van der Waals surface area contributed by atoms with Gasteiger partial charge in [0, 0.05) is 23.0 Å². The van der Waals surface area contributed by atoms with Crippen molar-refractivity contribution in [1.29, 1.82) is 0 Å². The van der Waals surface area contributed by atoms with Crippen LogP contribution >= 0.6 is 0 Å². The highest BCUT2D eigenvalue weighted by atomic mass is 16.4. The Morgan fingerprint density at radius 1 is 1.18 bits per heavy atom. The molecule has 0 aliphatic heterocycles. The number of carbonyl (C=O) groups excluding carboxylic acids is 1. The third kappa shape index (κ3) is 4.38. The van der Waals surface area contributed by atoms with Crippen LogP contribution in [0.1, 0.15) is 33.6 Å². The number of aldehydes is 1. The molecule has 0 amide bonds. The summed E-state index contributed by atoms with van der Waals surface area (Å²) in [5.74, 6) is 0. The Balaban J connectivity index is 1.90. The minimum absolute atomic E-state index is 0.498. The molecule has 0 unspecified atom stereocenters. The van der Waals surface area contributed by atoms with Gasteiger partial charge in [-0.1, -0.05) is 53.2 Å². The number of allylic oxidation sites excluding steroid dienone is 1. The van der Waals surface area contributed by atoms with Crippen molar-refractivity contribution < 1.29 is 10.0 Å². The molecule has 1 heterocycles. The third-order valence-corrected chi connectivity index (χ3v) is 4.78. The smallest absolute Gasteiger partial charge is 0.166 e. The van der Waals surface area contributed by atoms with E-state index in [1.54, 1.807) is 6.08 Å². The first kappa shape index (κ1) is 19.6. The number of oxime groups is 1. The molecule has 2 aromatic carbocycles. The van der Waals surface area contributed by atoms with Gasteiger partial charge in [-0.05, 0) is 50.7 Å². The number of nitrogens with one attached hydrogen (secondary N) is 1. The predicted octanol–water partition coefficient (Wildman–Crippen LogP) is 4.26. The topological polar surface area (TPSA) is 66.6 Å². The van der Waals surface area contributed by atoms with Crippen LogP contribution in [-0.4, -0.2) is 35.4 Å². The van der Waals surface area contributed by atoms with Gasteiger partial charge in [-0.15, -0.1) is 0 Å². The van der Waals surface area contributed by atoms with Gasteiger partial charge in [0.05, 0.1) is 5.69 Å². The number of hydrogen-bond donors (Lipinski definition) is 2. The van der Waals surface area contributed by atoms with Crippen LogP contribution < -0.4 is 5.32 Å². The Labute approximate surface area is 165 Å². The lowest BCUT2D eigenvalue weighted by molar-refractivity contribution is 0.111. The van der Waals surface area contributed by atoms with E-state index < -0.39 is 0 Å². The molecule has 0 saturated carbocycles. The van der Waals surface area contributed by atoms with Crippen LogP contribution in [0.2, 0.25) is 0 Å². The summed E-state index contributed by atoms with van der Waals surface area (Å²) in [5, 5.41) is 17.0. The summed E-state index contributed by atoms with van der Waals surface area (Å²) in [6.45, 7) is 3.69. The first-order valence-electron chi connectivity index (χ1n) is 9.36. The van der Waals surface area contributed by atoms with Gasteiger partial charge in [-0.3, -0.25) is 4.79 Å². The Bertz CT molecular complexity index is 1010. The molecular formula is C23H25N3O2. The van der Waals surface area contributed by atoms with Gasteiger partial charge in [0.2, 0.25) is 0 Å². The van der Waals surface area contributed by atoms with Gasteiger partial charge in [0.25, 0.3) is 0 Å². The molecule has 5 heteroatoms. The number of nitrogens with zero attached hydrogens (tertiary/aromatic N) is 2. The zero-order chi connectivity index (χ0) is 19.9. The van der Waals surface area contributed by atoms with E-state index in [0.717, 1.165) is 53.4 Å². The quantitative estimate of drug-likeness (QED) is 0.203. The van der Waals surface area contributed by atoms with Gasteiger partial charge in [-0.2, -0.15) is 0 Å². The largest absolute Gasteiger partial charge is 0.410 e. The number of carbonyl (C=O) groups is 1. The molecule has 0 spiro atoms. The van der Waals surface area contributed by atoms with E-state index in [1.165, 1.54) is 0 Å². The summed E-state index contributed by atoms with van der Waals surface area (Å²) < 4.78 is 2.05. The molecular weight excluding hydrogens is 350 g/mol. The highest BCUT2D eigenvalue weighted by Gasteiger charge is 2.08. The van der Waals surface area contributed by atoms with E-state index in [9.17, 15) is 10.0 Å². The first-order chi connectivity index (χ1) is 13.7. The molecule has 0 atom stereocenters. The summed E-state index contributed by atoms with van der Waals surface area (Å²) in [7, 11) is 1.92. The first-order valence-corrected chi connectivity index (χ1v) is 9.36. The normalized spacial score (nSPS) is 12.1. The SMILES string of the molecule is CNCCCn1c(C=O)cc2ccc(/C=C/C(=N\O)c3ccc(C)cc3)cc21.